The first-order valence-corrected chi connectivity index (χ1v) is 24.3. The molecular weight excluding hydrogens is 899 g/mol. The van der Waals surface area contributed by atoms with Gasteiger partial charge in [-0.15, -0.1) is 0 Å². The Hall–Kier alpha value is -6.82. The monoisotopic (exact) mass is 954 g/mol. The number of nitrogens with one attached hydrogen (secondary N) is 1. The molecule has 4 aromatic heterocycles. The Labute approximate surface area is 402 Å². The highest BCUT2D eigenvalue weighted by Crippen LogP contribution is 2.56. The number of aryl methyl sites for hydroxylation is 2. The predicted molar refractivity (Wildman–Crippen MR) is 257 cm³/mol. The van der Waals surface area contributed by atoms with Gasteiger partial charge in [-0.25, -0.2) is 23.1 Å². The predicted octanol–water partition coefficient (Wildman–Crippen LogP) is 8.93. The van der Waals surface area contributed by atoms with Crippen LogP contribution in [0.1, 0.15) is 124 Å². The zero-order chi connectivity index (χ0) is 49.1. The molecule has 5 aliphatic rings. The fourth-order valence-corrected chi connectivity index (χ4v) is 12.1. The molecule has 12 rings (SSSR count). The van der Waals surface area contributed by atoms with Crippen molar-refractivity contribution in [1.82, 2.24) is 39.2 Å². The van der Waals surface area contributed by atoms with Crippen LogP contribution >= 0.6 is 0 Å². The molecule has 0 radical (unpaired) electrons. The van der Waals surface area contributed by atoms with Crippen LogP contribution in [-0.4, -0.2) is 89.1 Å². The van der Waals surface area contributed by atoms with Crippen molar-refractivity contribution in [2.75, 3.05) is 36.1 Å². The third-order valence-corrected chi connectivity index (χ3v) is 15.6. The molecule has 3 amide bonds. The molecule has 5 atom stereocenters. The molecule has 18 heteroatoms. The topological polar surface area (TPSA) is 162 Å². The van der Waals surface area contributed by atoms with Crippen LogP contribution in [0.15, 0.2) is 58.0 Å². The molecule has 0 unspecified atom stereocenters. The maximum absolute atomic E-state index is 16.9. The van der Waals surface area contributed by atoms with E-state index in [-0.39, 0.29) is 59.1 Å². The number of aromatic amines is 1. The molecular formula is C52H56F2N10O6. The van der Waals surface area contributed by atoms with E-state index in [2.05, 4.69) is 54.2 Å². The SMILES string of the molecule is Cc1cc(-n2nc3c(c2N2C[C@@H]4COc5cc6c(cnn6C(C)(C)C)c(F)c5N4C2=O)[C@H](C)N(C(=O)c2cc4cc([C@H]5CCOC(C)(C)C5)ccc4n2[C@@]2(c4noc(=O)[nH]4)C[C@@H]2C)CC3)cc(C)c1F. The van der Waals surface area contributed by atoms with Gasteiger partial charge in [-0.05, 0) is 134 Å². The fraction of sp³-hybridized carbons (Fsp3) is 0.462. The molecule has 2 saturated heterocycles. The van der Waals surface area contributed by atoms with Gasteiger partial charge in [0.25, 0.3) is 5.91 Å². The number of urea groups is 1. The molecule has 8 heterocycles. The molecule has 16 nitrogen and oxygen atoms in total. The molecule has 3 fully saturated rings. The molecule has 70 heavy (non-hydrogen) atoms. The minimum atomic E-state index is -0.864. The first-order valence-electron chi connectivity index (χ1n) is 24.3. The molecule has 7 aromatic rings. The van der Waals surface area contributed by atoms with Crippen molar-refractivity contribution in [2.45, 2.75) is 123 Å². The molecule has 4 aliphatic heterocycles. The molecule has 3 aromatic carbocycles. The van der Waals surface area contributed by atoms with Crippen molar-refractivity contribution in [3.05, 3.63) is 110 Å². The third kappa shape index (κ3) is 6.46. The van der Waals surface area contributed by atoms with Gasteiger partial charge in [0.05, 0.1) is 58.2 Å². The first-order chi connectivity index (χ1) is 33.3. The highest BCUT2D eigenvalue weighted by atomic mass is 19.1. The summed E-state index contributed by atoms with van der Waals surface area (Å²) in [7, 11) is 0. The lowest BCUT2D eigenvalue weighted by Gasteiger charge is -2.35. The Morgan fingerprint density at radius 1 is 0.971 bits per heavy atom. The van der Waals surface area contributed by atoms with Crippen molar-refractivity contribution < 1.29 is 32.4 Å². The van der Waals surface area contributed by atoms with Gasteiger partial charge < -0.3 is 18.9 Å². The second-order valence-corrected chi connectivity index (χ2v) is 21.8. The Morgan fingerprint density at radius 2 is 1.73 bits per heavy atom. The third-order valence-electron chi connectivity index (χ3n) is 15.6. The second-order valence-electron chi connectivity index (χ2n) is 21.8. The van der Waals surface area contributed by atoms with Crippen molar-refractivity contribution >= 4 is 45.2 Å². The van der Waals surface area contributed by atoms with E-state index in [1.54, 1.807) is 46.3 Å². The van der Waals surface area contributed by atoms with Crippen LogP contribution in [0.2, 0.25) is 0 Å². The molecule has 364 valence electrons. The van der Waals surface area contributed by atoms with Crippen molar-refractivity contribution in [3.63, 3.8) is 0 Å². The Morgan fingerprint density at radius 3 is 2.41 bits per heavy atom. The van der Waals surface area contributed by atoms with E-state index < -0.39 is 40.8 Å². The van der Waals surface area contributed by atoms with Gasteiger partial charge in [0, 0.05) is 42.1 Å². The minimum Gasteiger partial charge on any atom is -0.489 e. The van der Waals surface area contributed by atoms with E-state index in [1.165, 1.54) is 11.1 Å². The lowest BCUT2D eigenvalue weighted by atomic mass is 9.83. The zero-order valence-electron chi connectivity index (χ0n) is 40.8. The number of rotatable bonds is 6. The number of H-pyrrole nitrogens is 1. The van der Waals surface area contributed by atoms with E-state index in [4.69, 9.17) is 19.1 Å². The van der Waals surface area contributed by atoms with Crippen LogP contribution in [0.3, 0.4) is 0 Å². The van der Waals surface area contributed by atoms with Gasteiger partial charge in [-0.3, -0.25) is 28.8 Å². The van der Waals surface area contributed by atoms with Gasteiger partial charge in [-0.2, -0.15) is 10.2 Å². The number of anilines is 2. The summed E-state index contributed by atoms with van der Waals surface area (Å²) in [6, 6.07) is 11.8. The minimum absolute atomic E-state index is 0.00589. The van der Waals surface area contributed by atoms with Crippen LogP contribution in [0, 0.1) is 31.4 Å². The number of fused-ring (bicyclic) bond motifs is 6. The lowest BCUT2D eigenvalue weighted by Crippen LogP contribution is -2.42. The molecule has 0 spiro atoms. The van der Waals surface area contributed by atoms with Crippen LogP contribution in [0.4, 0.5) is 25.1 Å². The summed E-state index contributed by atoms with van der Waals surface area (Å²) in [5.74, 6) is -0.625. The van der Waals surface area contributed by atoms with Crippen LogP contribution in [-0.2, 0) is 22.2 Å². The van der Waals surface area contributed by atoms with Crippen molar-refractivity contribution in [3.8, 4) is 11.4 Å². The standard InChI is InChI=1S/C52H56F2N10O6/c1-26-16-33(17-27(2)42(26)53)63-45(60-24-34-25-68-40-20-38-35(23-55-64(38)50(5,6)7)43(54)44(40)61(34)49(60)67)41-29(4)59(14-12-36(41)57-63)46(65)39-19-32-18-30(31-13-15-69-51(8,9)22-31)10-11-37(32)62(39)52(21-28(52)3)47-56-48(66)70-58-47/h10-11,16-20,23,28-29,31,34H,12-15,21-22,24-25H2,1-9H3,(H,56,58,66)/t28-,29-,31-,34+,52-/m0/s1. The van der Waals surface area contributed by atoms with Gasteiger partial charge in [0.2, 0.25) is 0 Å². The average molecular weight is 955 g/mol. The van der Waals surface area contributed by atoms with E-state index in [1.807, 2.05) is 43.2 Å². The number of benzene rings is 3. The number of amides is 3. The normalized spacial score (nSPS) is 24.0. The van der Waals surface area contributed by atoms with E-state index in [0.717, 1.165) is 29.3 Å². The maximum Gasteiger partial charge on any atom is 0.438 e. The first kappa shape index (κ1) is 44.4. The van der Waals surface area contributed by atoms with E-state index in [9.17, 15) is 4.79 Å². The number of ether oxygens (including phenoxy) is 2. The quantitative estimate of drug-likeness (QED) is 0.172. The van der Waals surface area contributed by atoms with Crippen LogP contribution in [0.25, 0.3) is 27.5 Å². The zero-order valence-corrected chi connectivity index (χ0v) is 40.8. The summed E-state index contributed by atoms with van der Waals surface area (Å²) in [5.41, 5.74) is 4.10. The van der Waals surface area contributed by atoms with Gasteiger partial charge in [0.15, 0.2) is 11.6 Å². The van der Waals surface area contributed by atoms with E-state index >= 15 is 18.4 Å². The van der Waals surface area contributed by atoms with Gasteiger partial charge >= 0.3 is 11.8 Å². The van der Waals surface area contributed by atoms with E-state index in [0.29, 0.717) is 76.9 Å². The summed E-state index contributed by atoms with van der Waals surface area (Å²) in [6.07, 6.45) is 4.17. The highest BCUT2D eigenvalue weighted by Gasteiger charge is 2.59. The van der Waals surface area contributed by atoms with Crippen molar-refractivity contribution in [1.29, 1.82) is 0 Å². The average Bonchev–Trinajstić information content (AvgIpc) is 3.95. The van der Waals surface area contributed by atoms with Gasteiger partial charge in [-0.1, -0.05) is 18.1 Å². The number of halogens is 2. The lowest BCUT2D eigenvalue weighted by molar-refractivity contribution is -0.0592. The van der Waals surface area contributed by atoms with Gasteiger partial charge in [0.1, 0.15) is 40.9 Å². The number of carbonyl (C=O) groups excluding carboxylic acids is 2. The number of hydrogen-bond donors (Lipinski definition) is 1. The summed E-state index contributed by atoms with van der Waals surface area (Å²) in [4.78, 5) is 51.2. The molecule has 1 aliphatic carbocycles. The fourth-order valence-electron chi connectivity index (χ4n) is 12.1. The molecule has 1 saturated carbocycles. The molecule has 1 N–H and O–H groups in total. The number of nitrogens with zero attached hydrogens (tertiary/aromatic N) is 9. The summed E-state index contributed by atoms with van der Waals surface area (Å²) >= 11 is 0. The second kappa shape index (κ2) is 15.1. The van der Waals surface area contributed by atoms with Crippen molar-refractivity contribution in [2.24, 2.45) is 5.92 Å². The van der Waals surface area contributed by atoms with Crippen LogP contribution < -0.4 is 20.3 Å². The maximum atomic E-state index is 16.9. The Kier molecular flexibility index (Phi) is 9.57. The Bertz CT molecular complexity index is 3410. The Balaban J connectivity index is 0.980. The highest BCUT2D eigenvalue weighted by molar-refractivity contribution is 6.10. The summed E-state index contributed by atoms with van der Waals surface area (Å²) < 4.78 is 55.1. The summed E-state index contributed by atoms with van der Waals surface area (Å²) in [5, 5.41) is 15.0. The largest absolute Gasteiger partial charge is 0.489 e. The number of aromatic nitrogens is 7. The number of carbonyl (C=O) groups is 2. The number of hydrogen-bond acceptors (Lipinski definition) is 9. The molecule has 0 bridgehead atoms. The smallest absolute Gasteiger partial charge is 0.438 e. The van der Waals surface area contributed by atoms with Crippen LogP contribution in [0.5, 0.6) is 5.75 Å². The summed E-state index contributed by atoms with van der Waals surface area (Å²) in [6.45, 7) is 18.7.